The summed E-state index contributed by atoms with van der Waals surface area (Å²) in [4.78, 5) is 15.9. The lowest BCUT2D eigenvalue weighted by atomic mass is 9.90. The van der Waals surface area contributed by atoms with Crippen LogP contribution in [0, 0.1) is 5.92 Å². The van der Waals surface area contributed by atoms with Crippen molar-refractivity contribution in [2.75, 3.05) is 40.3 Å². The van der Waals surface area contributed by atoms with Gasteiger partial charge in [-0.1, -0.05) is 0 Å². The van der Waals surface area contributed by atoms with Gasteiger partial charge in [-0.25, -0.2) is 0 Å². The van der Waals surface area contributed by atoms with Gasteiger partial charge in [0.15, 0.2) is 0 Å². The van der Waals surface area contributed by atoms with E-state index >= 15 is 0 Å². The number of rotatable bonds is 5. The van der Waals surface area contributed by atoms with E-state index in [9.17, 15) is 4.79 Å². The first kappa shape index (κ1) is 14.8. The molecule has 1 amide bonds. The van der Waals surface area contributed by atoms with Crippen LogP contribution in [0.4, 0.5) is 0 Å². The molecule has 19 heavy (non-hydrogen) atoms. The third-order valence-electron chi connectivity index (χ3n) is 4.63. The van der Waals surface area contributed by atoms with E-state index in [-0.39, 0.29) is 5.91 Å². The average molecular weight is 267 g/mol. The Bertz CT molecular complexity index is 287. The van der Waals surface area contributed by atoms with E-state index in [2.05, 4.69) is 10.2 Å². The van der Waals surface area contributed by atoms with Crippen LogP contribution in [0.25, 0.3) is 0 Å². The van der Waals surface area contributed by atoms with Gasteiger partial charge in [-0.15, -0.1) is 0 Å². The van der Waals surface area contributed by atoms with Crippen LogP contribution < -0.4 is 5.32 Å². The Labute approximate surface area is 117 Å². The first-order valence-electron chi connectivity index (χ1n) is 7.83. The lowest BCUT2D eigenvalue weighted by molar-refractivity contribution is -0.128. The fourth-order valence-corrected chi connectivity index (χ4v) is 3.53. The van der Waals surface area contributed by atoms with Crippen LogP contribution in [-0.4, -0.2) is 62.0 Å². The van der Waals surface area contributed by atoms with Gasteiger partial charge < -0.3 is 15.1 Å². The number of piperidine rings is 1. The van der Waals surface area contributed by atoms with E-state index in [1.54, 1.807) is 4.90 Å². The second-order valence-electron chi connectivity index (χ2n) is 6.24. The molecule has 4 nitrogen and oxygen atoms in total. The molecular weight excluding hydrogens is 238 g/mol. The lowest BCUT2D eigenvalue weighted by Crippen LogP contribution is -2.43. The second kappa shape index (κ2) is 7.25. The van der Waals surface area contributed by atoms with Crippen LogP contribution in [0.15, 0.2) is 0 Å². The largest absolute Gasteiger partial charge is 0.349 e. The van der Waals surface area contributed by atoms with Crippen molar-refractivity contribution in [2.24, 2.45) is 5.92 Å². The van der Waals surface area contributed by atoms with Crippen molar-refractivity contribution in [2.45, 2.75) is 44.6 Å². The van der Waals surface area contributed by atoms with Crippen molar-refractivity contribution in [3.8, 4) is 0 Å². The topological polar surface area (TPSA) is 35.6 Å². The van der Waals surface area contributed by atoms with E-state index in [0.29, 0.717) is 6.42 Å². The van der Waals surface area contributed by atoms with Crippen molar-refractivity contribution < 1.29 is 4.79 Å². The van der Waals surface area contributed by atoms with Gasteiger partial charge in [0.1, 0.15) is 0 Å². The lowest BCUT2D eigenvalue weighted by Gasteiger charge is -2.34. The Morgan fingerprint density at radius 2 is 2.16 bits per heavy atom. The Kier molecular flexibility index (Phi) is 5.64. The van der Waals surface area contributed by atoms with Crippen molar-refractivity contribution in [3.63, 3.8) is 0 Å². The summed E-state index contributed by atoms with van der Waals surface area (Å²) in [7, 11) is 3.68. The summed E-state index contributed by atoms with van der Waals surface area (Å²) in [6.07, 6.45) is 7.10. The van der Waals surface area contributed by atoms with Crippen molar-refractivity contribution in [3.05, 3.63) is 0 Å². The third kappa shape index (κ3) is 4.18. The third-order valence-corrected chi connectivity index (χ3v) is 4.63. The Balaban J connectivity index is 1.74. The highest BCUT2D eigenvalue weighted by molar-refractivity contribution is 5.75. The number of nitrogens with zero attached hydrogens (tertiary/aromatic N) is 2. The maximum absolute atomic E-state index is 11.6. The number of carbonyl (C=O) groups is 1. The van der Waals surface area contributed by atoms with E-state index in [1.807, 2.05) is 14.1 Å². The summed E-state index contributed by atoms with van der Waals surface area (Å²) in [5.74, 6) is 1.09. The summed E-state index contributed by atoms with van der Waals surface area (Å²) >= 11 is 0. The molecule has 110 valence electrons. The minimum atomic E-state index is 0.259. The maximum Gasteiger partial charge on any atom is 0.222 e. The summed E-state index contributed by atoms with van der Waals surface area (Å²) in [5.41, 5.74) is 0. The molecule has 0 aromatic heterocycles. The van der Waals surface area contributed by atoms with Gasteiger partial charge in [0.25, 0.3) is 0 Å². The highest BCUT2D eigenvalue weighted by atomic mass is 16.2. The van der Waals surface area contributed by atoms with E-state index < -0.39 is 0 Å². The molecule has 0 saturated carbocycles. The molecular formula is C15H29N3O. The minimum Gasteiger partial charge on any atom is -0.349 e. The molecule has 0 aromatic carbocycles. The average Bonchev–Trinajstić information content (AvgIpc) is 2.88. The molecule has 0 aromatic rings. The van der Waals surface area contributed by atoms with Gasteiger partial charge in [-0.3, -0.25) is 4.79 Å². The zero-order valence-corrected chi connectivity index (χ0v) is 12.5. The van der Waals surface area contributed by atoms with Crippen molar-refractivity contribution in [1.82, 2.24) is 15.1 Å². The fourth-order valence-electron chi connectivity index (χ4n) is 3.53. The van der Waals surface area contributed by atoms with Crippen LogP contribution >= 0.6 is 0 Å². The van der Waals surface area contributed by atoms with Gasteiger partial charge in [-0.05, 0) is 64.2 Å². The molecule has 2 saturated heterocycles. The summed E-state index contributed by atoms with van der Waals surface area (Å²) < 4.78 is 0. The van der Waals surface area contributed by atoms with Gasteiger partial charge in [0, 0.05) is 26.6 Å². The number of hydrogen-bond donors (Lipinski definition) is 1. The molecule has 1 N–H and O–H groups in total. The second-order valence-corrected chi connectivity index (χ2v) is 6.24. The summed E-state index contributed by atoms with van der Waals surface area (Å²) in [5, 5.41) is 3.53. The molecule has 0 radical (unpaired) electrons. The standard InChI is InChI=1S/C15H29N3O/c1-17(2)15(19)8-5-11-18-10-4-7-14(18)13-6-3-9-16-12-13/h13-14,16H,3-12H2,1-2H3. The summed E-state index contributed by atoms with van der Waals surface area (Å²) in [6.45, 7) is 4.72. The number of carbonyl (C=O) groups excluding carboxylic acids is 1. The molecule has 0 spiro atoms. The zero-order chi connectivity index (χ0) is 13.7. The molecule has 2 rings (SSSR count). The normalized spacial score (nSPS) is 28.5. The predicted octanol–water partition coefficient (Wildman–Crippen LogP) is 1.32. The first-order valence-corrected chi connectivity index (χ1v) is 7.83. The van der Waals surface area contributed by atoms with Crippen LogP contribution in [0.1, 0.15) is 38.5 Å². The highest BCUT2D eigenvalue weighted by Gasteiger charge is 2.31. The van der Waals surface area contributed by atoms with Gasteiger partial charge in [-0.2, -0.15) is 0 Å². The molecule has 2 fully saturated rings. The van der Waals surface area contributed by atoms with Crippen molar-refractivity contribution >= 4 is 5.91 Å². The molecule has 2 heterocycles. The van der Waals surface area contributed by atoms with Gasteiger partial charge in [0.2, 0.25) is 5.91 Å². The van der Waals surface area contributed by atoms with Crippen LogP contribution in [0.5, 0.6) is 0 Å². The Morgan fingerprint density at radius 1 is 1.32 bits per heavy atom. The monoisotopic (exact) mass is 267 g/mol. The van der Waals surface area contributed by atoms with E-state index in [4.69, 9.17) is 0 Å². The zero-order valence-electron chi connectivity index (χ0n) is 12.5. The minimum absolute atomic E-state index is 0.259. The molecule has 2 aliphatic rings. The van der Waals surface area contributed by atoms with Gasteiger partial charge in [0.05, 0.1) is 0 Å². The SMILES string of the molecule is CN(C)C(=O)CCCN1CCCC1C1CCCNC1. The van der Waals surface area contributed by atoms with E-state index in [1.165, 1.54) is 45.3 Å². The Morgan fingerprint density at radius 3 is 2.84 bits per heavy atom. The number of amides is 1. The number of likely N-dealkylation sites (tertiary alicyclic amines) is 1. The molecule has 4 heteroatoms. The highest BCUT2D eigenvalue weighted by Crippen LogP contribution is 2.28. The molecule has 2 aliphatic heterocycles. The first-order chi connectivity index (χ1) is 9.18. The summed E-state index contributed by atoms with van der Waals surface area (Å²) in [6, 6.07) is 0.766. The van der Waals surface area contributed by atoms with Crippen LogP contribution in [0.2, 0.25) is 0 Å². The molecule has 2 atom stereocenters. The van der Waals surface area contributed by atoms with Gasteiger partial charge >= 0.3 is 0 Å². The smallest absolute Gasteiger partial charge is 0.222 e. The van der Waals surface area contributed by atoms with Crippen molar-refractivity contribution in [1.29, 1.82) is 0 Å². The quantitative estimate of drug-likeness (QED) is 0.816. The van der Waals surface area contributed by atoms with Crippen LogP contribution in [-0.2, 0) is 4.79 Å². The Hall–Kier alpha value is -0.610. The van der Waals surface area contributed by atoms with E-state index in [0.717, 1.165) is 24.9 Å². The maximum atomic E-state index is 11.6. The fraction of sp³-hybridized carbons (Fsp3) is 0.933. The number of nitrogens with one attached hydrogen (secondary N) is 1. The predicted molar refractivity (Wildman–Crippen MR) is 78.1 cm³/mol. The van der Waals surface area contributed by atoms with Crippen LogP contribution in [0.3, 0.4) is 0 Å². The molecule has 0 aliphatic carbocycles. The molecule has 2 unspecified atom stereocenters. The number of hydrogen-bond acceptors (Lipinski definition) is 3. The molecule has 0 bridgehead atoms.